The summed E-state index contributed by atoms with van der Waals surface area (Å²) in [7, 11) is 0. The van der Waals surface area contributed by atoms with Crippen LogP contribution in [0.25, 0.3) is 11.5 Å². The van der Waals surface area contributed by atoms with Gasteiger partial charge in [0, 0.05) is 4.47 Å². The number of aryl methyl sites for hydroxylation is 1. The normalized spacial score (nSPS) is 19.6. The zero-order valence-corrected chi connectivity index (χ0v) is 12.4. The summed E-state index contributed by atoms with van der Waals surface area (Å²) in [6, 6.07) is 6.33. The van der Waals surface area contributed by atoms with Crippen LogP contribution in [0.3, 0.4) is 0 Å². The van der Waals surface area contributed by atoms with Crippen molar-refractivity contribution < 1.29 is 4.52 Å². The predicted octanol–water partition coefficient (Wildman–Crippen LogP) is 3.62. The van der Waals surface area contributed by atoms with Gasteiger partial charge in [-0.15, -0.1) is 0 Å². The lowest BCUT2D eigenvalue weighted by molar-refractivity contribution is 0.367. The van der Waals surface area contributed by atoms with Gasteiger partial charge in [0.25, 0.3) is 5.89 Å². The topological polar surface area (TPSA) is 51.0 Å². The smallest absolute Gasteiger partial charge is 0.259 e. The Morgan fingerprint density at radius 1 is 1.37 bits per heavy atom. The third-order valence-electron chi connectivity index (χ3n) is 3.42. The Kier molecular flexibility index (Phi) is 3.66. The van der Waals surface area contributed by atoms with Crippen molar-refractivity contribution in [1.29, 1.82) is 0 Å². The van der Waals surface area contributed by atoms with Gasteiger partial charge in [-0.2, -0.15) is 4.98 Å². The van der Waals surface area contributed by atoms with Crippen LogP contribution in [0, 0.1) is 6.92 Å². The summed E-state index contributed by atoms with van der Waals surface area (Å²) in [4.78, 5) is 4.52. The summed E-state index contributed by atoms with van der Waals surface area (Å²) in [5.74, 6) is 1.34. The quantitative estimate of drug-likeness (QED) is 0.917. The van der Waals surface area contributed by atoms with Gasteiger partial charge in [0.05, 0.1) is 11.6 Å². The molecule has 1 fully saturated rings. The van der Waals surface area contributed by atoms with Gasteiger partial charge in [0.1, 0.15) is 0 Å². The number of hydrogen-bond acceptors (Lipinski definition) is 4. The largest absolute Gasteiger partial charge is 0.334 e. The van der Waals surface area contributed by atoms with Crippen molar-refractivity contribution in [3.8, 4) is 11.5 Å². The molecule has 3 rings (SSSR count). The number of halogens is 1. The first kappa shape index (κ1) is 12.8. The molecule has 1 aliphatic rings. The van der Waals surface area contributed by atoms with E-state index in [2.05, 4.69) is 44.4 Å². The molecule has 0 spiro atoms. The van der Waals surface area contributed by atoms with Crippen LogP contribution in [0.1, 0.15) is 36.7 Å². The van der Waals surface area contributed by atoms with Crippen LogP contribution in [-0.2, 0) is 0 Å². The monoisotopic (exact) mass is 321 g/mol. The first-order valence-electron chi connectivity index (χ1n) is 6.57. The molecule has 1 aliphatic heterocycles. The summed E-state index contributed by atoms with van der Waals surface area (Å²) in [6.45, 7) is 3.09. The van der Waals surface area contributed by atoms with E-state index < -0.39 is 0 Å². The molecule has 19 heavy (non-hydrogen) atoms. The van der Waals surface area contributed by atoms with Gasteiger partial charge >= 0.3 is 0 Å². The van der Waals surface area contributed by atoms with E-state index in [1.807, 2.05) is 12.1 Å². The summed E-state index contributed by atoms with van der Waals surface area (Å²) < 4.78 is 6.38. The van der Waals surface area contributed by atoms with Gasteiger partial charge < -0.3 is 9.84 Å². The van der Waals surface area contributed by atoms with Gasteiger partial charge in [-0.25, -0.2) is 0 Å². The molecule has 1 atom stereocenters. The maximum Gasteiger partial charge on any atom is 0.259 e. The van der Waals surface area contributed by atoms with Crippen molar-refractivity contribution in [1.82, 2.24) is 15.5 Å². The molecule has 2 heterocycles. The third kappa shape index (κ3) is 2.72. The van der Waals surface area contributed by atoms with Gasteiger partial charge in [-0.05, 0) is 59.9 Å². The Morgan fingerprint density at radius 2 is 2.26 bits per heavy atom. The molecule has 1 saturated heterocycles. The highest BCUT2D eigenvalue weighted by Gasteiger charge is 2.21. The average Bonchev–Trinajstić information content (AvgIpc) is 2.89. The zero-order chi connectivity index (χ0) is 13.2. The second kappa shape index (κ2) is 5.43. The molecule has 1 aromatic carbocycles. The molecule has 1 N–H and O–H groups in total. The highest BCUT2D eigenvalue weighted by Crippen LogP contribution is 2.29. The van der Waals surface area contributed by atoms with Crippen molar-refractivity contribution in [2.45, 2.75) is 32.2 Å². The van der Waals surface area contributed by atoms with Gasteiger partial charge in [0.15, 0.2) is 5.82 Å². The molecule has 0 amide bonds. The fraction of sp³-hybridized carbons (Fsp3) is 0.429. The molecule has 5 heteroatoms. The van der Waals surface area contributed by atoms with Crippen LogP contribution in [0.15, 0.2) is 27.2 Å². The molecule has 0 aliphatic carbocycles. The van der Waals surface area contributed by atoms with Gasteiger partial charge in [-0.3, -0.25) is 0 Å². The molecule has 0 saturated carbocycles. The summed E-state index contributed by atoms with van der Waals surface area (Å²) in [5.41, 5.74) is 2.14. The van der Waals surface area contributed by atoms with E-state index in [1.165, 1.54) is 18.4 Å². The Bertz CT molecular complexity index is 576. The molecule has 1 aromatic heterocycles. The number of benzene rings is 1. The second-order valence-electron chi connectivity index (χ2n) is 4.94. The zero-order valence-electron chi connectivity index (χ0n) is 10.8. The van der Waals surface area contributed by atoms with Gasteiger partial charge in [0.2, 0.25) is 0 Å². The number of nitrogens with zero attached hydrogens (tertiary/aromatic N) is 2. The molecule has 4 nitrogen and oxygen atoms in total. The van der Waals surface area contributed by atoms with E-state index in [0.717, 1.165) is 28.8 Å². The maximum absolute atomic E-state index is 5.39. The van der Waals surface area contributed by atoms with E-state index in [0.29, 0.717) is 5.89 Å². The number of rotatable bonds is 2. The molecule has 2 aromatic rings. The summed E-state index contributed by atoms with van der Waals surface area (Å²) >= 11 is 3.55. The molecule has 0 bridgehead atoms. The van der Waals surface area contributed by atoms with Crippen LogP contribution in [-0.4, -0.2) is 16.7 Å². The Labute approximate surface area is 120 Å². The standard InChI is InChI=1S/C14H16BrN3O/c1-9-5-6-10(11(15)8-9)14-17-13(18-19-14)12-4-2-3-7-16-12/h5-6,8,12,16H,2-4,7H2,1H3. The number of nitrogens with one attached hydrogen (secondary N) is 1. The number of piperidine rings is 1. The second-order valence-corrected chi connectivity index (χ2v) is 5.80. The van der Waals surface area contributed by atoms with E-state index >= 15 is 0 Å². The molecule has 1 unspecified atom stereocenters. The molecule has 0 radical (unpaired) electrons. The minimum Gasteiger partial charge on any atom is -0.334 e. The number of aromatic nitrogens is 2. The van der Waals surface area contributed by atoms with Crippen molar-refractivity contribution >= 4 is 15.9 Å². The minimum atomic E-state index is 0.232. The fourth-order valence-corrected chi connectivity index (χ4v) is 3.01. The molecule has 100 valence electrons. The Hall–Kier alpha value is -1.20. The van der Waals surface area contributed by atoms with Crippen LogP contribution in [0.2, 0.25) is 0 Å². The lowest BCUT2D eigenvalue weighted by Crippen LogP contribution is -2.27. The van der Waals surface area contributed by atoms with Crippen LogP contribution in [0.5, 0.6) is 0 Å². The minimum absolute atomic E-state index is 0.232. The first-order valence-corrected chi connectivity index (χ1v) is 7.37. The lowest BCUT2D eigenvalue weighted by atomic mass is 10.0. The summed E-state index contributed by atoms with van der Waals surface area (Å²) in [6.07, 6.45) is 3.52. The van der Waals surface area contributed by atoms with E-state index in [4.69, 9.17) is 4.52 Å². The highest BCUT2D eigenvalue weighted by atomic mass is 79.9. The van der Waals surface area contributed by atoms with E-state index in [9.17, 15) is 0 Å². The van der Waals surface area contributed by atoms with E-state index in [1.54, 1.807) is 0 Å². The number of hydrogen-bond donors (Lipinski definition) is 1. The fourth-order valence-electron chi connectivity index (χ4n) is 2.35. The first-order chi connectivity index (χ1) is 9.24. The van der Waals surface area contributed by atoms with Gasteiger partial charge in [-0.1, -0.05) is 17.6 Å². The van der Waals surface area contributed by atoms with Crippen LogP contribution < -0.4 is 5.32 Å². The SMILES string of the molecule is Cc1ccc(-c2nc(C3CCCCN3)no2)c(Br)c1. The molecular formula is C14H16BrN3O. The average molecular weight is 322 g/mol. The summed E-state index contributed by atoms with van der Waals surface area (Å²) in [5, 5.41) is 7.54. The maximum atomic E-state index is 5.39. The van der Waals surface area contributed by atoms with E-state index in [-0.39, 0.29) is 6.04 Å². The van der Waals surface area contributed by atoms with Crippen molar-refractivity contribution in [2.75, 3.05) is 6.54 Å². The van der Waals surface area contributed by atoms with Crippen molar-refractivity contribution in [2.24, 2.45) is 0 Å². The van der Waals surface area contributed by atoms with Crippen molar-refractivity contribution in [3.63, 3.8) is 0 Å². The third-order valence-corrected chi connectivity index (χ3v) is 4.07. The Balaban J connectivity index is 1.87. The molecular weight excluding hydrogens is 306 g/mol. The highest BCUT2D eigenvalue weighted by molar-refractivity contribution is 9.10. The Morgan fingerprint density at radius 3 is 3.00 bits per heavy atom. The predicted molar refractivity (Wildman–Crippen MR) is 76.8 cm³/mol. The van der Waals surface area contributed by atoms with Crippen LogP contribution >= 0.6 is 15.9 Å². The van der Waals surface area contributed by atoms with Crippen LogP contribution in [0.4, 0.5) is 0 Å². The lowest BCUT2D eigenvalue weighted by Gasteiger charge is -2.19. The van der Waals surface area contributed by atoms with Crippen molar-refractivity contribution in [3.05, 3.63) is 34.1 Å².